The van der Waals surface area contributed by atoms with Crippen molar-refractivity contribution in [3.63, 3.8) is 0 Å². The van der Waals surface area contributed by atoms with Crippen molar-refractivity contribution in [1.29, 1.82) is 0 Å². The Hall–Kier alpha value is -1.33. The standard InChI is InChI=1S/C19H30BNO3/c1-7-12-21(13-8-2)17(22)15-10-9-11-16(14-15)20-23-18(3,4)19(5,6)24-20/h9-11,14H,7-8,12-13H2,1-6H3. The lowest BCUT2D eigenvalue weighted by Gasteiger charge is -2.32. The van der Waals surface area contributed by atoms with Gasteiger partial charge in [0.1, 0.15) is 0 Å². The van der Waals surface area contributed by atoms with Crippen molar-refractivity contribution in [2.24, 2.45) is 0 Å². The number of hydrogen-bond donors (Lipinski definition) is 0. The number of carbonyl (C=O) groups is 1. The molecule has 0 aliphatic carbocycles. The maximum absolute atomic E-state index is 12.8. The third-order valence-corrected chi connectivity index (χ3v) is 4.93. The highest BCUT2D eigenvalue weighted by Gasteiger charge is 2.51. The molecule has 2 rings (SSSR count). The Kier molecular flexibility index (Phi) is 5.76. The summed E-state index contributed by atoms with van der Waals surface area (Å²) in [5.41, 5.74) is 0.832. The van der Waals surface area contributed by atoms with Gasteiger partial charge in [0, 0.05) is 18.7 Å². The molecule has 1 aliphatic rings. The normalized spacial score (nSPS) is 18.7. The van der Waals surface area contributed by atoms with E-state index in [1.165, 1.54) is 0 Å². The first-order chi connectivity index (χ1) is 11.2. The molecule has 5 heteroatoms. The summed E-state index contributed by atoms with van der Waals surface area (Å²) in [7, 11) is -0.437. The van der Waals surface area contributed by atoms with Crippen molar-refractivity contribution in [2.75, 3.05) is 13.1 Å². The molecular weight excluding hydrogens is 301 g/mol. The molecule has 0 radical (unpaired) electrons. The predicted octanol–water partition coefficient (Wildman–Crippen LogP) is 3.25. The minimum Gasteiger partial charge on any atom is -0.399 e. The smallest absolute Gasteiger partial charge is 0.399 e. The molecule has 0 atom stereocenters. The van der Waals surface area contributed by atoms with E-state index in [2.05, 4.69) is 13.8 Å². The number of nitrogens with zero attached hydrogens (tertiary/aromatic N) is 1. The maximum Gasteiger partial charge on any atom is 0.494 e. The zero-order chi connectivity index (χ0) is 18.0. The Bertz CT molecular complexity index is 564. The van der Waals surface area contributed by atoms with Gasteiger partial charge in [-0.2, -0.15) is 0 Å². The third-order valence-electron chi connectivity index (χ3n) is 4.93. The Morgan fingerprint density at radius 3 is 2.08 bits per heavy atom. The van der Waals surface area contributed by atoms with E-state index in [4.69, 9.17) is 9.31 Å². The summed E-state index contributed by atoms with van der Waals surface area (Å²) in [5.74, 6) is 0.0806. The predicted molar refractivity (Wildman–Crippen MR) is 98.6 cm³/mol. The van der Waals surface area contributed by atoms with Crippen molar-refractivity contribution in [3.05, 3.63) is 29.8 Å². The van der Waals surface area contributed by atoms with Gasteiger partial charge in [0.2, 0.25) is 0 Å². The van der Waals surface area contributed by atoms with Crippen LogP contribution >= 0.6 is 0 Å². The van der Waals surface area contributed by atoms with Crippen LogP contribution in [0.1, 0.15) is 64.7 Å². The van der Waals surface area contributed by atoms with Crippen LogP contribution in [0.3, 0.4) is 0 Å². The molecule has 132 valence electrons. The number of benzene rings is 1. The molecule has 1 saturated heterocycles. The first-order valence-corrected chi connectivity index (χ1v) is 8.96. The zero-order valence-electron chi connectivity index (χ0n) is 15.9. The van der Waals surface area contributed by atoms with E-state index in [9.17, 15) is 4.79 Å². The van der Waals surface area contributed by atoms with Crippen molar-refractivity contribution >= 4 is 18.5 Å². The average Bonchev–Trinajstić information content (AvgIpc) is 2.75. The third kappa shape index (κ3) is 3.84. The number of rotatable bonds is 6. The second kappa shape index (κ2) is 7.28. The van der Waals surface area contributed by atoms with Gasteiger partial charge in [0.15, 0.2) is 0 Å². The fourth-order valence-electron chi connectivity index (χ4n) is 2.83. The van der Waals surface area contributed by atoms with E-state index in [1.54, 1.807) is 0 Å². The molecule has 1 amide bonds. The largest absolute Gasteiger partial charge is 0.494 e. The van der Waals surface area contributed by atoms with Crippen LogP contribution in [0.25, 0.3) is 0 Å². The summed E-state index contributed by atoms with van der Waals surface area (Å²) >= 11 is 0. The highest BCUT2D eigenvalue weighted by Crippen LogP contribution is 2.36. The van der Waals surface area contributed by atoms with E-state index in [0.29, 0.717) is 5.56 Å². The van der Waals surface area contributed by atoms with Crippen LogP contribution in [0.2, 0.25) is 0 Å². The fraction of sp³-hybridized carbons (Fsp3) is 0.632. The van der Waals surface area contributed by atoms with Crippen LogP contribution in [0, 0.1) is 0 Å². The number of hydrogen-bond acceptors (Lipinski definition) is 3. The van der Waals surface area contributed by atoms with E-state index >= 15 is 0 Å². The molecule has 0 bridgehead atoms. The van der Waals surface area contributed by atoms with Gasteiger partial charge >= 0.3 is 7.12 Å². The molecule has 0 saturated carbocycles. The van der Waals surface area contributed by atoms with Crippen LogP contribution in [0.5, 0.6) is 0 Å². The van der Waals surface area contributed by atoms with Gasteiger partial charge in [-0.1, -0.05) is 26.0 Å². The SMILES string of the molecule is CCCN(CCC)C(=O)c1cccc(B2OC(C)(C)C(C)(C)O2)c1. The second-order valence-electron chi connectivity index (χ2n) is 7.51. The fourth-order valence-corrected chi connectivity index (χ4v) is 2.83. The van der Waals surface area contributed by atoms with Gasteiger partial charge in [-0.25, -0.2) is 0 Å². The molecule has 0 aromatic heterocycles. The van der Waals surface area contributed by atoms with Gasteiger partial charge in [0.05, 0.1) is 11.2 Å². The summed E-state index contributed by atoms with van der Waals surface area (Å²) in [5, 5.41) is 0. The summed E-state index contributed by atoms with van der Waals surface area (Å²) in [4.78, 5) is 14.7. The minimum absolute atomic E-state index is 0.0806. The van der Waals surface area contributed by atoms with Crippen molar-refractivity contribution < 1.29 is 14.1 Å². The van der Waals surface area contributed by atoms with Crippen LogP contribution < -0.4 is 5.46 Å². The molecule has 1 aromatic rings. The van der Waals surface area contributed by atoms with E-state index in [-0.39, 0.29) is 17.1 Å². The minimum atomic E-state index is -0.437. The van der Waals surface area contributed by atoms with Crippen LogP contribution in [-0.2, 0) is 9.31 Å². The van der Waals surface area contributed by atoms with Crippen LogP contribution in [0.4, 0.5) is 0 Å². The first kappa shape index (κ1) is 19.0. The van der Waals surface area contributed by atoms with E-state index < -0.39 is 7.12 Å². The Balaban J connectivity index is 2.22. The maximum atomic E-state index is 12.8. The van der Waals surface area contributed by atoms with Crippen molar-refractivity contribution in [1.82, 2.24) is 4.90 Å². The Morgan fingerprint density at radius 2 is 1.58 bits per heavy atom. The number of carbonyl (C=O) groups excluding carboxylic acids is 1. The van der Waals surface area contributed by atoms with Crippen LogP contribution in [0.15, 0.2) is 24.3 Å². The van der Waals surface area contributed by atoms with Gasteiger partial charge in [0.25, 0.3) is 5.91 Å². The first-order valence-electron chi connectivity index (χ1n) is 8.96. The van der Waals surface area contributed by atoms with Gasteiger partial charge in [-0.05, 0) is 58.1 Å². The highest BCUT2D eigenvalue weighted by molar-refractivity contribution is 6.62. The summed E-state index contributed by atoms with van der Waals surface area (Å²) in [6, 6.07) is 7.64. The average molecular weight is 331 g/mol. The number of amides is 1. The van der Waals surface area contributed by atoms with Gasteiger partial charge in [-0.3, -0.25) is 4.79 Å². The second-order valence-corrected chi connectivity index (χ2v) is 7.51. The molecular formula is C19H30BNO3. The molecule has 0 N–H and O–H groups in total. The molecule has 4 nitrogen and oxygen atoms in total. The lowest BCUT2D eigenvalue weighted by atomic mass is 9.78. The van der Waals surface area contributed by atoms with Gasteiger partial charge in [-0.15, -0.1) is 0 Å². The monoisotopic (exact) mass is 331 g/mol. The van der Waals surface area contributed by atoms with Crippen molar-refractivity contribution in [3.8, 4) is 0 Å². The van der Waals surface area contributed by atoms with E-state index in [0.717, 1.165) is 31.4 Å². The highest BCUT2D eigenvalue weighted by atomic mass is 16.7. The van der Waals surface area contributed by atoms with Gasteiger partial charge < -0.3 is 14.2 Å². The topological polar surface area (TPSA) is 38.8 Å². The van der Waals surface area contributed by atoms with Crippen LogP contribution in [-0.4, -0.2) is 42.2 Å². The quantitative estimate of drug-likeness (QED) is 0.751. The molecule has 24 heavy (non-hydrogen) atoms. The lowest BCUT2D eigenvalue weighted by Crippen LogP contribution is -2.41. The van der Waals surface area contributed by atoms with E-state index in [1.807, 2.05) is 56.9 Å². The van der Waals surface area contributed by atoms with Crippen molar-refractivity contribution in [2.45, 2.75) is 65.6 Å². The summed E-state index contributed by atoms with van der Waals surface area (Å²) in [6.45, 7) is 13.9. The molecule has 1 heterocycles. The Labute approximate surface area is 146 Å². The summed E-state index contributed by atoms with van der Waals surface area (Å²) in [6.07, 6.45) is 1.92. The molecule has 1 fully saturated rings. The summed E-state index contributed by atoms with van der Waals surface area (Å²) < 4.78 is 12.2. The molecule has 1 aromatic carbocycles. The Morgan fingerprint density at radius 1 is 1.04 bits per heavy atom. The molecule has 0 spiro atoms. The lowest BCUT2D eigenvalue weighted by molar-refractivity contribution is 0.00578. The molecule has 0 unspecified atom stereocenters. The zero-order valence-corrected chi connectivity index (χ0v) is 15.9. The molecule has 1 aliphatic heterocycles.